The molecule has 0 amide bonds. The lowest BCUT2D eigenvalue weighted by Gasteiger charge is -2.63. The Morgan fingerprint density at radius 2 is 1.58 bits per heavy atom. The topological polar surface area (TPSA) is 58.9 Å². The van der Waals surface area contributed by atoms with Crippen LogP contribution in [0.2, 0.25) is 0 Å². The third-order valence-electron chi connectivity index (χ3n) is 11.5. The van der Waals surface area contributed by atoms with Gasteiger partial charge in [0, 0.05) is 12.8 Å². The summed E-state index contributed by atoms with van der Waals surface area (Å²) in [7, 11) is 0. The third kappa shape index (κ3) is 3.86. The van der Waals surface area contributed by atoms with Gasteiger partial charge < -0.3 is 19.7 Å². The zero-order chi connectivity index (χ0) is 23.6. The van der Waals surface area contributed by atoms with E-state index in [-0.39, 0.29) is 23.9 Å². The van der Waals surface area contributed by atoms with Crippen LogP contribution in [0.25, 0.3) is 0 Å². The number of hydrogen-bond acceptors (Lipinski definition) is 4. The predicted molar refractivity (Wildman–Crippen MR) is 130 cm³/mol. The van der Waals surface area contributed by atoms with Gasteiger partial charge in [0.1, 0.15) is 0 Å². The molecule has 2 N–H and O–H groups in total. The molecule has 4 saturated carbocycles. The minimum atomic E-state index is -0.360. The summed E-state index contributed by atoms with van der Waals surface area (Å²) in [6, 6.07) is 0. The summed E-state index contributed by atoms with van der Waals surface area (Å²) in [6.45, 7) is 13.0. The Balaban J connectivity index is 1.34. The summed E-state index contributed by atoms with van der Waals surface area (Å²) in [5.41, 5.74) is 0.599. The zero-order valence-corrected chi connectivity index (χ0v) is 21.6. The van der Waals surface area contributed by atoms with Gasteiger partial charge in [0.15, 0.2) is 5.79 Å². The van der Waals surface area contributed by atoms with Crippen molar-refractivity contribution in [3.8, 4) is 0 Å². The molecule has 0 aromatic heterocycles. The van der Waals surface area contributed by atoms with Crippen molar-refractivity contribution in [1.82, 2.24) is 0 Å². The number of allylic oxidation sites excluding steroid dienone is 1. The van der Waals surface area contributed by atoms with Gasteiger partial charge in [-0.25, -0.2) is 0 Å². The van der Waals surface area contributed by atoms with Gasteiger partial charge in [0.05, 0.1) is 25.4 Å². The predicted octanol–water partition coefficient (Wildman–Crippen LogP) is 5.57. The average molecular weight is 461 g/mol. The molecule has 10 atom stereocenters. The molecule has 1 heterocycles. The maximum atomic E-state index is 11.6. The first-order valence-electron chi connectivity index (χ1n) is 13.9. The molecule has 0 aromatic rings. The van der Waals surface area contributed by atoms with Gasteiger partial charge in [-0.15, -0.1) is 0 Å². The van der Waals surface area contributed by atoms with Crippen LogP contribution in [0, 0.1) is 52.3 Å². The maximum Gasteiger partial charge on any atom is 0.168 e. The molecule has 5 fully saturated rings. The quantitative estimate of drug-likeness (QED) is 0.539. The van der Waals surface area contributed by atoms with E-state index < -0.39 is 0 Å². The van der Waals surface area contributed by atoms with Crippen LogP contribution < -0.4 is 0 Å². The van der Waals surface area contributed by atoms with Crippen LogP contribution >= 0.6 is 0 Å². The number of aliphatic hydroxyl groups excluding tert-OH is 2. The summed E-state index contributed by atoms with van der Waals surface area (Å²) in [5.74, 6) is 3.20. The summed E-state index contributed by atoms with van der Waals surface area (Å²) in [5, 5.41) is 21.9. The molecule has 1 saturated heterocycles. The number of rotatable bonds is 4. The van der Waals surface area contributed by atoms with Crippen molar-refractivity contribution in [2.24, 2.45) is 52.3 Å². The molecule has 33 heavy (non-hydrogen) atoms. The van der Waals surface area contributed by atoms with Crippen molar-refractivity contribution in [2.75, 3.05) is 13.2 Å². The van der Waals surface area contributed by atoms with Crippen LogP contribution in [-0.2, 0) is 9.47 Å². The molecule has 0 radical (unpaired) electrons. The summed E-state index contributed by atoms with van der Waals surface area (Å²) in [6.07, 6.45) is 12.9. The van der Waals surface area contributed by atoms with Gasteiger partial charge >= 0.3 is 0 Å². The van der Waals surface area contributed by atoms with Crippen LogP contribution in [0.5, 0.6) is 0 Å². The Morgan fingerprint density at radius 3 is 2.27 bits per heavy atom. The third-order valence-corrected chi connectivity index (χ3v) is 11.5. The van der Waals surface area contributed by atoms with Crippen LogP contribution in [0.4, 0.5) is 0 Å². The first-order valence-corrected chi connectivity index (χ1v) is 13.9. The van der Waals surface area contributed by atoms with Crippen molar-refractivity contribution >= 4 is 0 Å². The monoisotopic (exact) mass is 460 g/mol. The maximum absolute atomic E-state index is 11.6. The number of fused-ring (bicyclic) bond motifs is 5. The van der Waals surface area contributed by atoms with Crippen LogP contribution in [0.1, 0.15) is 86.0 Å². The zero-order valence-electron chi connectivity index (χ0n) is 21.6. The standard InChI is InChI=1S/C29H48O4/c1-18(2)24(30)9-6-19(3)21-7-8-22-26-23(10-11-28(21,22)5)27(4)12-13-29(32-14-15-33-29)17-20(27)16-25(26)31/h6,9,18-26,30-31H,7-8,10-17H2,1-5H3/b9-6+/t19-,20+,21-,22?,23?,24-,25-,26?,27+,28-/m1/s1. The fourth-order valence-corrected chi connectivity index (χ4v) is 9.47. The number of aliphatic hydroxyl groups is 2. The molecule has 0 aromatic carbocycles. The van der Waals surface area contributed by atoms with Crippen molar-refractivity contribution < 1.29 is 19.7 Å². The molecule has 5 aliphatic rings. The highest BCUT2D eigenvalue weighted by atomic mass is 16.7. The van der Waals surface area contributed by atoms with Crippen molar-refractivity contribution in [1.29, 1.82) is 0 Å². The first kappa shape index (κ1) is 24.3. The lowest BCUT2D eigenvalue weighted by Crippen LogP contribution is -2.60. The van der Waals surface area contributed by atoms with E-state index in [0.717, 1.165) is 32.5 Å². The van der Waals surface area contributed by atoms with Gasteiger partial charge in [0.25, 0.3) is 0 Å². The SMILES string of the molecule is CC(C)[C@H](O)/C=C/[C@@H](C)[C@H]1CCC2C3C(CC[C@@]21C)[C@@]1(C)CCC2(C[C@@H]1C[C@H]3O)OCCO2. The van der Waals surface area contributed by atoms with Gasteiger partial charge in [-0.1, -0.05) is 46.8 Å². The largest absolute Gasteiger partial charge is 0.393 e. The molecule has 5 rings (SSSR count). The second-order valence-electron chi connectivity index (χ2n) is 13.3. The van der Waals surface area contributed by atoms with Crippen molar-refractivity contribution in [2.45, 2.75) is 104 Å². The van der Waals surface area contributed by atoms with Crippen LogP contribution in [0.3, 0.4) is 0 Å². The van der Waals surface area contributed by atoms with Gasteiger partial charge in [-0.2, -0.15) is 0 Å². The summed E-state index contributed by atoms with van der Waals surface area (Å²) in [4.78, 5) is 0. The fourth-order valence-electron chi connectivity index (χ4n) is 9.47. The van der Waals surface area contributed by atoms with Crippen LogP contribution in [0.15, 0.2) is 12.2 Å². The summed E-state index contributed by atoms with van der Waals surface area (Å²) >= 11 is 0. The molecular formula is C29H48O4. The van der Waals surface area contributed by atoms with Crippen LogP contribution in [-0.4, -0.2) is 41.4 Å². The van der Waals surface area contributed by atoms with E-state index in [1.807, 2.05) is 6.08 Å². The molecule has 4 aliphatic carbocycles. The first-order chi connectivity index (χ1) is 15.6. The van der Waals surface area contributed by atoms with Crippen molar-refractivity contribution in [3.63, 3.8) is 0 Å². The number of ether oxygens (including phenoxy) is 2. The Morgan fingerprint density at radius 1 is 0.879 bits per heavy atom. The molecule has 4 heteroatoms. The molecule has 0 bridgehead atoms. The van der Waals surface area contributed by atoms with E-state index >= 15 is 0 Å². The van der Waals surface area contributed by atoms with E-state index in [1.54, 1.807) is 0 Å². The Bertz CT molecular complexity index is 742. The lowest BCUT2D eigenvalue weighted by molar-refractivity contribution is -0.242. The highest BCUT2D eigenvalue weighted by Crippen LogP contribution is 2.69. The highest BCUT2D eigenvalue weighted by Gasteiger charge is 2.64. The summed E-state index contributed by atoms with van der Waals surface area (Å²) < 4.78 is 12.2. The van der Waals surface area contributed by atoms with Gasteiger partial charge in [0.2, 0.25) is 0 Å². The van der Waals surface area contributed by atoms with E-state index in [1.165, 1.54) is 32.1 Å². The molecule has 1 aliphatic heterocycles. The molecule has 1 spiro atoms. The average Bonchev–Trinajstić information content (AvgIpc) is 3.37. The Hall–Kier alpha value is -0.420. The Kier molecular flexibility index (Phi) is 6.33. The molecule has 188 valence electrons. The van der Waals surface area contributed by atoms with Gasteiger partial charge in [-0.05, 0) is 90.8 Å². The minimum Gasteiger partial charge on any atom is -0.393 e. The van der Waals surface area contributed by atoms with Gasteiger partial charge in [-0.3, -0.25) is 0 Å². The highest BCUT2D eigenvalue weighted by molar-refractivity contribution is 5.13. The number of hydrogen-bond donors (Lipinski definition) is 2. The molecule has 3 unspecified atom stereocenters. The van der Waals surface area contributed by atoms with E-state index in [4.69, 9.17) is 9.47 Å². The molecule has 4 nitrogen and oxygen atoms in total. The lowest BCUT2D eigenvalue weighted by atomic mass is 9.43. The normalized spacial score (nSPS) is 48.6. The second kappa shape index (κ2) is 8.61. The van der Waals surface area contributed by atoms with E-state index in [9.17, 15) is 10.2 Å². The smallest absolute Gasteiger partial charge is 0.168 e. The van der Waals surface area contributed by atoms with E-state index in [2.05, 4.69) is 40.7 Å². The fraction of sp³-hybridized carbons (Fsp3) is 0.931. The molecular weight excluding hydrogens is 412 g/mol. The van der Waals surface area contributed by atoms with E-state index in [0.29, 0.717) is 46.3 Å². The Labute approximate surface area is 201 Å². The van der Waals surface area contributed by atoms with Crippen molar-refractivity contribution in [3.05, 3.63) is 12.2 Å². The minimum absolute atomic E-state index is 0.193. The second-order valence-corrected chi connectivity index (χ2v) is 13.3.